The molecule has 8 nitrogen and oxygen atoms in total. The summed E-state index contributed by atoms with van der Waals surface area (Å²) < 4.78 is 0. The van der Waals surface area contributed by atoms with Gasteiger partial charge in [-0.3, -0.25) is 19.9 Å². The topological polar surface area (TPSA) is 120 Å². The van der Waals surface area contributed by atoms with E-state index < -0.39 is 17.9 Å². The van der Waals surface area contributed by atoms with Crippen LogP contribution in [0.1, 0.15) is 28.4 Å². The Balaban J connectivity index is 2.04. The molecular weight excluding hydrogens is 338 g/mol. The van der Waals surface area contributed by atoms with Crippen molar-refractivity contribution in [2.24, 2.45) is 0 Å². The second-order valence-electron chi connectivity index (χ2n) is 5.55. The summed E-state index contributed by atoms with van der Waals surface area (Å²) in [6.07, 6.45) is 0. The van der Waals surface area contributed by atoms with Crippen molar-refractivity contribution in [3.05, 3.63) is 53.1 Å². The third-order valence-electron chi connectivity index (χ3n) is 3.63. The van der Waals surface area contributed by atoms with Gasteiger partial charge >= 0.3 is 12.0 Å². The number of anilines is 2. The van der Waals surface area contributed by atoms with Crippen LogP contribution in [0.5, 0.6) is 5.75 Å². The van der Waals surface area contributed by atoms with Gasteiger partial charge in [-0.25, -0.2) is 9.59 Å². The van der Waals surface area contributed by atoms with E-state index in [1.807, 2.05) is 0 Å². The number of hydrogen-bond acceptors (Lipinski definition) is 6. The molecule has 26 heavy (non-hydrogen) atoms. The maximum atomic E-state index is 12.1. The minimum Gasteiger partial charge on any atom is -0.399 e. The standard InChI is InChI=1S/C18H19N3O5/c1-10-11(2)16(26-25-12(3)22)9-8-15(10)20-18(24)21-17(23)13-4-6-14(19)7-5-13/h4-9H,19H2,1-3H3,(H2,20,21,23,24). The van der Waals surface area contributed by atoms with E-state index >= 15 is 0 Å². The van der Waals surface area contributed by atoms with Gasteiger partial charge in [-0.1, -0.05) is 0 Å². The van der Waals surface area contributed by atoms with Gasteiger partial charge in [-0.15, -0.1) is 0 Å². The Bertz CT molecular complexity index is 847. The molecule has 136 valence electrons. The lowest BCUT2D eigenvalue weighted by Crippen LogP contribution is -2.34. The van der Waals surface area contributed by atoms with Crippen LogP contribution in [-0.2, 0) is 9.68 Å². The molecule has 8 heteroatoms. The van der Waals surface area contributed by atoms with E-state index in [4.69, 9.17) is 10.6 Å². The van der Waals surface area contributed by atoms with Gasteiger partial charge < -0.3 is 11.1 Å². The van der Waals surface area contributed by atoms with Crippen LogP contribution in [0.3, 0.4) is 0 Å². The van der Waals surface area contributed by atoms with Crippen LogP contribution in [0.4, 0.5) is 16.2 Å². The second-order valence-corrected chi connectivity index (χ2v) is 5.55. The van der Waals surface area contributed by atoms with Crippen molar-refractivity contribution < 1.29 is 24.2 Å². The van der Waals surface area contributed by atoms with Crippen molar-refractivity contribution >= 4 is 29.3 Å². The van der Waals surface area contributed by atoms with Crippen LogP contribution in [0.2, 0.25) is 0 Å². The molecule has 0 aliphatic heterocycles. The highest BCUT2D eigenvalue weighted by Crippen LogP contribution is 2.27. The molecule has 0 spiro atoms. The number of urea groups is 1. The zero-order chi connectivity index (χ0) is 19.3. The second kappa shape index (κ2) is 8.02. The molecule has 2 aromatic carbocycles. The van der Waals surface area contributed by atoms with Gasteiger partial charge in [0.2, 0.25) is 0 Å². The normalized spacial score (nSPS) is 9.96. The molecule has 0 saturated carbocycles. The van der Waals surface area contributed by atoms with Crippen molar-refractivity contribution in [3.63, 3.8) is 0 Å². The number of amides is 3. The summed E-state index contributed by atoms with van der Waals surface area (Å²) in [5.41, 5.74) is 8.26. The van der Waals surface area contributed by atoms with Gasteiger partial charge in [0.05, 0.1) is 0 Å². The fourth-order valence-corrected chi connectivity index (χ4v) is 2.09. The smallest absolute Gasteiger partial charge is 0.352 e. The van der Waals surface area contributed by atoms with E-state index in [-0.39, 0.29) is 0 Å². The van der Waals surface area contributed by atoms with Gasteiger partial charge in [0.15, 0.2) is 5.75 Å². The molecule has 0 fully saturated rings. The lowest BCUT2D eigenvalue weighted by atomic mass is 10.1. The number of nitrogens with one attached hydrogen (secondary N) is 2. The highest BCUT2D eigenvalue weighted by atomic mass is 17.2. The minimum atomic E-state index is -0.678. The third-order valence-corrected chi connectivity index (χ3v) is 3.63. The maximum Gasteiger partial charge on any atom is 0.352 e. The Morgan fingerprint density at radius 2 is 1.62 bits per heavy atom. The third kappa shape index (κ3) is 4.73. The molecule has 0 bridgehead atoms. The molecule has 0 radical (unpaired) electrons. The Kier molecular flexibility index (Phi) is 5.79. The van der Waals surface area contributed by atoms with E-state index in [1.54, 1.807) is 38.1 Å². The van der Waals surface area contributed by atoms with Gasteiger partial charge in [0.25, 0.3) is 5.91 Å². The first-order valence-electron chi connectivity index (χ1n) is 7.71. The summed E-state index contributed by atoms with van der Waals surface area (Å²) in [7, 11) is 0. The summed E-state index contributed by atoms with van der Waals surface area (Å²) in [6, 6.07) is 8.63. The molecule has 3 amide bonds. The van der Waals surface area contributed by atoms with Crippen LogP contribution >= 0.6 is 0 Å². The molecule has 0 heterocycles. The fourth-order valence-electron chi connectivity index (χ4n) is 2.09. The van der Waals surface area contributed by atoms with Crippen molar-refractivity contribution in [1.29, 1.82) is 0 Å². The fraction of sp³-hybridized carbons (Fsp3) is 0.167. The van der Waals surface area contributed by atoms with Crippen LogP contribution in [0.25, 0.3) is 0 Å². The van der Waals surface area contributed by atoms with Crippen LogP contribution in [0, 0.1) is 13.8 Å². The minimum absolute atomic E-state index is 0.312. The Labute approximate surface area is 150 Å². The lowest BCUT2D eigenvalue weighted by molar-refractivity contribution is -0.211. The van der Waals surface area contributed by atoms with Gasteiger partial charge in [0, 0.05) is 29.4 Å². The molecule has 0 atom stereocenters. The summed E-state index contributed by atoms with van der Waals surface area (Å²) in [4.78, 5) is 44.3. The van der Waals surface area contributed by atoms with Crippen molar-refractivity contribution in [1.82, 2.24) is 5.32 Å². The molecule has 0 aliphatic carbocycles. The predicted octanol–water partition coefficient (Wildman–Crippen LogP) is 2.70. The largest absolute Gasteiger partial charge is 0.399 e. The molecule has 2 aromatic rings. The molecule has 4 N–H and O–H groups in total. The summed E-state index contributed by atoms with van der Waals surface area (Å²) in [5, 5.41) is 4.83. The lowest BCUT2D eigenvalue weighted by Gasteiger charge is -2.13. The average Bonchev–Trinajstić information content (AvgIpc) is 2.58. The molecule has 0 aliphatic rings. The molecule has 0 unspecified atom stereocenters. The van der Waals surface area contributed by atoms with E-state index in [2.05, 4.69) is 15.5 Å². The first-order chi connectivity index (χ1) is 12.3. The highest BCUT2D eigenvalue weighted by molar-refractivity contribution is 6.08. The van der Waals surface area contributed by atoms with Crippen LogP contribution < -0.4 is 21.3 Å². The maximum absolute atomic E-state index is 12.1. The number of nitrogen functional groups attached to an aromatic ring is 1. The number of rotatable bonds is 4. The number of imide groups is 1. The molecule has 0 aromatic heterocycles. The van der Waals surface area contributed by atoms with Crippen LogP contribution in [0.15, 0.2) is 36.4 Å². The van der Waals surface area contributed by atoms with E-state index in [9.17, 15) is 14.4 Å². The van der Waals surface area contributed by atoms with Gasteiger partial charge in [0.1, 0.15) is 0 Å². The van der Waals surface area contributed by atoms with Crippen LogP contribution in [-0.4, -0.2) is 17.9 Å². The summed E-state index contributed by atoms with van der Waals surface area (Å²) >= 11 is 0. The first-order valence-corrected chi connectivity index (χ1v) is 7.71. The Morgan fingerprint density at radius 3 is 2.23 bits per heavy atom. The summed E-state index contributed by atoms with van der Waals surface area (Å²) in [6.45, 7) is 4.73. The SMILES string of the molecule is CC(=O)OOc1ccc(NC(=O)NC(=O)c2ccc(N)cc2)c(C)c1C. The molecule has 0 saturated heterocycles. The number of nitrogens with two attached hydrogens (primary N) is 1. The first kappa shape index (κ1) is 18.8. The number of hydrogen-bond donors (Lipinski definition) is 3. The van der Waals surface area contributed by atoms with Crippen molar-refractivity contribution in [3.8, 4) is 5.75 Å². The average molecular weight is 357 g/mol. The van der Waals surface area contributed by atoms with Gasteiger partial charge in [-0.05, 0) is 55.8 Å². The van der Waals surface area contributed by atoms with E-state index in [0.29, 0.717) is 33.8 Å². The zero-order valence-corrected chi connectivity index (χ0v) is 14.6. The monoisotopic (exact) mass is 357 g/mol. The number of carbonyl (C=O) groups excluding carboxylic acids is 3. The summed E-state index contributed by atoms with van der Waals surface area (Å²) in [5.74, 6) is -0.780. The zero-order valence-electron chi connectivity index (χ0n) is 14.6. The van der Waals surface area contributed by atoms with Gasteiger partial charge in [-0.2, -0.15) is 0 Å². The Morgan fingerprint density at radius 1 is 0.962 bits per heavy atom. The number of carbonyl (C=O) groups is 3. The highest BCUT2D eigenvalue weighted by Gasteiger charge is 2.14. The van der Waals surface area contributed by atoms with Crippen molar-refractivity contribution in [2.75, 3.05) is 11.1 Å². The quantitative estimate of drug-likeness (QED) is 0.440. The van der Waals surface area contributed by atoms with Crippen molar-refractivity contribution in [2.45, 2.75) is 20.8 Å². The predicted molar refractivity (Wildman–Crippen MR) is 95.6 cm³/mol. The van der Waals surface area contributed by atoms with E-state index in [1.165, 1.54) is 19.1 Å². The van der Waals surface area contributed by atoms with E-state index in [0.717, 1.165) is 0 Å². The molecular formula is C18H19N3O5. The molecule has 2 rings (SSSR count). The Hall–Kier alpha value is -3.55. The number of benzene rings is 2.